The van der Waals surface area contributed by atoms with E-state index in [0.717, 1.165) is 19.6 Å². The van der Waals surface area contributed by atoms with Crippen molar-refractivity contribution >= 4 is 17.6 Å². The molecular formula is C23H30N4O2. The predicted octanol–water partition coefficient (Wildman–Crippen LogP) is 3.48. The molecule has 0 aliphatic carbocycles. The van der Waals surface area contributed by atoms with Crippen LogP contribution in [0.25, 0.3) is 0 Å². The molecule has 0 unspecified atom stereocenters. The number of piperazine rings is 1. The average molecular weight is 395 g/mol. The highest BCUT2D eigenvalue weighted by Gasteiger charge is 2.24. The number of anilines is 1. The van der Waals surface area contributed by atoms with E-state index in [-0.39, 0.29) is 18.0 Å². The first kappa shape index (κ1) is 20.9. The lowest BCUT2D eigenvalue weighted by molar-refractivity contribution is 0.0629. The molecule has 0 radical (unpaired) electrons. The number of aryl methyl sites for hydroxylation is 1. The summed E-state index contributed by atoms with van der Waals surface area (Å²) < 4.78 is 0. The van der Waals surface area contributed by atoms with Gasteiger partial charge in [-0.3, -0.25) is 9.69 Å². The lowest BCUT2D eigenvalue weighted by Crippen LogP contribution is -2.48. The second-order valence-corrected chi connectivity index (χ2v) is 7.79. The summed E-state index contributed by atoms with van der Waals surface area (Å²) in [5.41, 5.74) is 3.69. The van der Waals surface area contributed by atoms with Crippen molar-refractivity contribution in [2.75, 3.05) is 31.5 Å². The zero-order chi connectivity index (χ0) is 20.8. The van der Waals surface area contributed by atoms with Crippen molar-refractivity contribution in [3.63, 3.8) is 0 Å². The SMILES string of the molecule is Cc1ccccc1CN1CCN(C(=O)c2ccccc2NC(=O)NC(C)C)CC1. The number of carbonyl (C=O) groups excluding carboxylic acids is 2. The van der Waals surface area contributed by atoms with Crippen molar-refractivity contribution in [1.29, 1.82) is 0 Å². The summed E-state index contributed by atoms with van der Waals surface area (Å²) in [6.07, 6.45) is 0. The third-order valence-corrected chi connectivity index (χ3v) is 5.14. The molecule has 2 aromatic rings. The van der Waals surface area contributed by atoms with Crippen LogP contribution in [0, 0.1) is 6.92 Å². The number of urea groups is 1. The maximum atomic E-state index is 13.1. The van der Waals surface area contributed by atoms with E-state index in [4.69, 9.17) is 0 Å². The Bertz CT molecular complexity index is 857. The molecule has 2 aromatic carbocycles. The highest BCUT2D eigenvalue weighted by Crippen LogP contribution is 2.19. The summed E-state index contributed by atoms with van der Waals surface area (Å²) >= 11 is 0. The molecule has 3 rings (SSSR count). The molecule has 0 spiro atoms. The Labute approximate surface area is 172 Å². The number of amides is 3. The van der Waals surface area contributed by atoms with Gasteiger partial charge in [0.05, 0.1) is 11.3 Å². The van der Waals surface area contributed by atoms with E-state index in [0.29, 0.717) is 24.3 Å². The zero-order valence-electron chi connectivity index (χ0n) is 17.4. The molecule has 0 saturated carbocycles. The van der Waals surface area contributed by atoms with Crippen molar-refractivity contribution in [3.05, 3.63) is 65.2 Å². The molecule has 1 aliphatic heterocycles. The first-order valence-electron chi connectivity index (χ1n) is 10.2. The number of nitrogens with one attached hydrogen (secondary N) is 2. The van der Waals surface area contributed by atoms with Crippen molar-refractivity contribution in [2.24, 2.45) is 0 Å². The Morgan fingerprint density at radius 3 is 2.31 bits per heavy atom. The predicted molar refractivity (Wildman–Crippen MR) is 116 cm³/mol. The first-order chi connectivity index (χ1) is 13.9. The van der Waals surface area contributed by atoms with Crippen molar-refractivity contribution in [3.8, 4) is 0 Å². The molecule has 0 aromatic heterocycles. The monoisotopic (exact) mass is 394 g/mol. The van der Waals surface area contributed by atoms with E-state index < -0.39 is 0 Å². The third-order valence-electron chi connectivity index (χ3n) is 5.14. The fourth-order valence-electron chi connectivity index (χ4n) is 3.51. The van der Waals surface area contributed by atoms with Gasteiger partial charge >= 0.3 is 6.03 Å². The molecule has 6 nitrogen and oxygen atoms in total. The molecule has 3 amide bonds. The molecule has 1 fully saturated rings. The first-order valence-corrected chi connectivity index (χ1v) is 10.2. The van der Waals surface area contributed by atoms with Crippen molar-refractivity contribution < 1.29 is 9.59 Å². The van der Waals surface area contributed by atoms with Crippen molar-refractivity contribution in [1.82, 2.24) is 15.1 Å². The lowest BCUT2D eigenvalue weighted by Gasteiger charge is -2.35. The molecule has 6 heteroatoms. The van der Waals surface area contributed by atoms with Crippen LogP contribution in [0.15, 0.2) is 48.5 Å². The zero-order valence-corrected chi connectivity index (χ0v) is 17.4. The fourth-order valence-corrected chi connectivity index (χ4v) is 3.51. The van der Waals surface area contributed by atoms with Gasteiger partial charge in [0.25, 0.3) is 5.91 Å². The summed E-state index contributed by atoms with van der Waals surface area (Å²) in [5.74, 6) is -0.0408. The number of nitrogens with zero attached hydrogens (tertiary/aromatic N) is 2. The Morgan fingerprint density at radius 2 is 1.62 bits per heavy atom. The number of hydrogen-bond acceptors (Lipinski definition) is 3. The summed E-state index contributed by atoms with van der Waals surface area (Å²) in [4.78, 5) is 29.4. The van der Waals surface area contributed by atoms with E-state index in [9.17, 15) is 9.59 Å². The number of rotatable bonds is 5. The maximum absolute atomic E-state index is 13.1. The summed E-state index contributed by atoms with van der Waals surface area (Å²) in [7, 11) is 0. The number of hydrogen-bond donors (Lipinski definition) is 2. The second kappa shape index (κ2) is 9.56. The maximum Gasteiger partial charge on any atom is 0.319 e. The van der Waals surface area contributed by atoms with Gasteiger partial charge in [-0.15, -0.1) is 0 Å². The largest absolute Gasteiger partial charge is 0.336 e. The molecule has 29 heavy (non-hydrogen) atoms. The molecule has 1 aliphatic rings. The Kier molecular flexibility index (Phi) is 6.88. The van der Waals surface area contributed by atoms with Gasteiger partial charge < -0.3 is 15.5 Å². The van der Waals surface area contributed by atoms with Crippen LogP contribution in [0.5, 0.6) is 0 Å². The van der Waals surface area contributed by atoms with Gasteiger partial charge in [-0.05, 0) is 44.0 Å². The Hall–Kier alpha value is -2.86. The lowest BCUT2D eigenvalue weighted by atomic mass is 10.1. The topological polar surface area (TPSA) is 64.7 Å². The van der Waals surface area contributed by atoms with E-state index in [1.54, 1.807) is 12.1 Å². The molecule has 0 atom stereocenters. The quantitative estimate of drug-likeness (QED) is 0.816. The molecule has 0 bridgehead atoms. The van der Waals surface area contributed by atoms with Gasteiger partial charge in [0.2, 0.25) is 0 Å². The van der Waals surface area contributed by atoms with Crippen LogP contribution in [0.1, 0.15) is 35.3 Å². The van der Waals surface area contributed by atoms with Gasteiger partial charge in [-0.2, -0.15) is 0 Å². The normalized spacial score (nSPS) is 14.7. The minimum atomic E-state index is -0.302. The molecule has 2 N–H and O–H groups in total. The number of benzene rings is 2. The van der Waals surface area contributed by atoms with Gasteiger partial charge in [0.1, 0.15) is 0 Å². The van der Waals surface area contributed by atoms with Crippen LogP contribution in [0.3, 0.4) is 0 Å². The average Bonchev–Trinajstić information content (AvgIpc) is 2.69. The number of para-hydroxylation sites is 1. The van der Waals surface area contributed by atoms with Gasteiger partial charge in [-0.25, -0.2) is 4.79 Å². The second-order valence-electron chi connectivity index (χ2n) is 7.79. The van der Waals surface area contributed by atoms with E-state index >= 15 is 0 Å². The molecule has 1 saturated heterocycles. The van der Waals surface area contributed by atoms with Crippen LogP contribution in [-0.4, -0.2) is 54.0 Å². The van der Waals surface area contributed by atoms with Crippen LogP contribution in [0.2, 0.25) is 0 Å². The van der Waals surface area contributed by atoms with E-state index in [2.05, 4.69) is 46.7 Å². The van der Waals surface area contributed by atoms with E-state index in [1.165, 1.54) is 11.1 Å². The van der Waals surface area contributed by atoms with Crippen LogP contribution in [-0.2, 0) is 6.54 Å². The number of carbonyl (C=O) groups is 2. The van der Waals surface area contributed by atoms with Gasteiger partial charge in [0, 0.05) is 38.8 Å². The molecular weight excluding hydrogens is 364 g/mol. The molecule has 1 heterocycles. The summed E-state index contributed by atoms with van der Waals surface area (Å²) in [6, 6.07) is 15.3. The van der Waals surface area contributed by atoms with Gasteiger partial charge in [0.15, 0.2) is 0 Å². The van der Waals surface area contributed by atoms with Crippen molar-refractivity contribution in [2.45, 2.75) is 33.4 Å². The third kappa shape index (κ3) is 5.57. The Balaban J connectivity index is 1.61. The summed E-state index contributed by atoms with van der Waals surface area (Å²) in [5, 5.41) is 5.59. The van der Waals surface area contributed by atoms with Gasteiger partial charge in [-0.1, -0.05) is 36.4 Å². The fraction of sp³-hybridized carbons (Fsp3) is 0.391. The highest BCUT2D eigenvalue weighted by atomic mass is 16.2. The van der Waals surface area contributed by atoms with Crippen LogP contribution >= 0.6 is 0 Å². The van der Waals surface area contributed by atoms with E-state index in [1.807, 2.05) is 30.9 Å². The standard InChI is InChI=1S/C23H30N4O2/c1-17(2)24-23(29)25-21-11-7-6-10-20(21)22(28)27-14-12-26(13-15-27)16-19-9-5-4-8-18(19)3/h4-11,17H,12-16H2,1-3H3,(H2,24,25,29). The highest BCUT2D eigenvalue weighted by molar-refractivity contribution is 6.03. The smallest absolute Gasteiger partial charge is 0.319 e. The Morgan fingerprint density at radius 1 is 0.966 bits per heavy atom. The summed E-state index contributed by atoms with van der Waals surface area (Å²) in [6.45, 7) is 9.86. The van der Waals surface area contributed by atoms with Crippen LogP contribution in [0.4, 0.5) is 10.5 Å². The minimum Gasteiger partial charge on any atom is -0.336 e. The molecule has 154 valence electrons. The minimum absolute atomic E-state index is 0.0270. The van der Waals surface area contributed by atoms with Crippen LogP contribution < -0.4 is 10.6 Å².